The Morgan fingerprint density at radius 1 is 1.35 bits per heavy atom. The van der Waals surface area contributed by atoms with E-state index in [0.717, 1.165) is 24.3 Å². The van der Waals surface area contributed by atoms with E-state index in [1.165, 1.54) is 0 Å². The Kier molecular flexibility index (Phi) is 4.33. The molecule has 0 aliphatic carbocycles. The molecule has 0 aromatic heterocycles. The molecule has 2 atom stereocenters. The summed E-state index contributed by atoms with van der Waals surface area (Å²) in [6.45, 7) is 6.49. The van der Waals surface area contributed by atoms with Crippen LogP contribution in [0.25, 0.3) is 0 Å². The highest BCUT2D eigenvalue weighted by Crippen LogP contribution is 2.31. The Hall–Kier alpha value is -1.55. The van der Waals surface area contributed by atoms with Crippen molar-refractivity contribution < 1.29 is 14.3 Å². The second kappa shape index (κ2) is 5.83. The van der Waals surface area contributed by atoms with Crippen molar-refractivity contribution in [1.82, 2.24) is 5.32 Å². The molecule has 0 saturated carbocycles. The molecule has 1 saturated heterocycles. The van der Waals surface area contributed by atoms with Crippen LogP contribution in [-0.4, -0.2) is 31.3 Å². The standard InChI is InChI=1S/C16H23NO3/c1-16(2,3)20-15(18)14-13(8-9-17-14)11-6-5-7-12(10-11)19-4/h5-7,10,13-14,17H,8-9H2,1-4H3/t13-,14+/m0/s1. The number of ether oxygens (including phenoxy) is 2. The van der Waals surface area contributed by atoms with Crippen LogP contribution in [0.4, 0.5) is 0 Å². The van der Waals surface area contributed by atoms with Gasteiger partial charge in [-0.1, -0.05) is 12.1 Å². The van der Waals surface area contributed by atoms with E-state index >= 15 is 0 Å². The summed E-state index contributed by atoms with van der Waals surface area (Å²) >= 11 is 0. The lowest BCUT2D eigenvalue weighted by atomic mass is 9.91. The van der Waals surface area contributed by atoms with Crippen molar-refractivity contribution >= 4 is 5.97 Å². The zero-order valence-electron chi connectivity index (χ0n) is 12.6. The molecule has 1 aromatic rings. The van der Waals surface area contributed by atoms with Gasteiger partial charge in [0, 0.05) is 5.92 Å². The molecule has 0 bridgehead atoms. The number of carbonyl (C=O) groups excluding carboxylic acids is 1. The van der Waals surface area contributed by atoms with Gasteiger partial charge < -0.3 is 14.8 Å². The summed E-state index contributed by atoms with van der Waals surface area (Å²) in [5.41, 5.74) is 0.658. The van der Waals surface area contributed by atoms with Crippen molar-refractivity contribution in [2.24, 2.45) is 0 Å². The van der Waals surface area contributed by atoms with Gasteiger partial charge in [-0.05, 0) is 51.4 Å². The third-order valence-electron chi connectivity index (χ3n) is 3.40. The highest BCUT2D eigenvalue weighted by molar-refractivity contribution is 5.78. The minimum Gasteiger partial charge on any atom is -0.497 e. The van der Waals surface area contributed by atoms with E-state index in [-0.39, 0.29) is 17.9 Å². The Labute approximate surface area is 120 Å². The SMILES string of the molecule is COc1cccc([C@@H]2CCN[C@H]2C(=O)OC(C)(C)C)c1. The fourth-order valence-electron chi connectivity index (χ4n) is 2.55. The molecule has 2 rings (SSSR count). The van der Waals surface area contributed by atoms with Crippen LogP contribution in [0.5, 0.6) is 5.75 Å². The van der Waals surface area contributed by atoms with Gasteiger partial charge in [0.1, 0.15) is 17.4 Å². The maximum absolute atomic E-state index is 12.3. The van der Waals surface area contributed by atoms with Crippen LogP contribution < -0.4 is 10.1 Å². The molecular weight excluding hydrogens is 254 g/mol. The Morgan fingerprint density at radius 3 is 2.75 bits per heavy atom. The molecule has 110 valence electrons. The first kappa shape index (κ1) is 14.9. The second-order valence-corrected chi connectivity index (χ2v) is 6.14. The summed E-state index contributed by atoms with van der Waals surface area (Å²) in [6, 6.07) is 7.63. The van der Waals surface area contributed by atoms with Gasteiger partial charge in [0.25, 0.3) is 0 Å². The summed E-state index contributed by atoms with van der Waals surface area (Å²) in [5, 5.41) is 3.25. The highest BCUT2D eigenvalue weighted by atomic mass is 16.6. The molecule has 20 heavy (non-hydrogen) atoms. The molecule has 0 radical (unpaired) electrons. The van der Waals surface area contributed by atoms with Gasteiger partial charge >= 0.3 is 5.97 Å². The maximum Gasteiger partial charge on any atom is 0.324 e. The molecule has 1 N–H and O–H groups in total. The largest absolute Gasteiger partial charge is 0.497 e. The van der Waals surface area contributed by atoms with Gasteiger partial charge in [-0.25, -0.2) is 0 Å². The molecular formula is C16H23NO3. The zero-order chi connectivity index (χ0) is 14.8. The number of methoxy groups -OCH3 is 1. The fraction of sp³-hybridized carbons (Fsp3) is 0.562. The number of nitrogens with one attached hydrogen (secondary N) is 1. The molecule has 1 heterocycles. The summed E-state index contributed by atoms with van der Waals surface area (Å²) in [7, 11) is 1.65. The topological polar surface area (TPSA) is 47.6 Å². The minimum atomic E-state index is -0.458. The van der Waals surface area contributed by atoms with Gasteiger partial charge in [0.05, 0.1) is 7.11 Å². The molecule has 4 nitrogen and oxygen atoms in total. The van der Waals surface area contributed by atoms with Crippen LogP contribution in [0.3, 0.4) is 0 Å². The van der Waals surface area contributed by atoms with Gasteiger partial charge in [0.15, 0.2) is 0 Å². The number of rotatable bonds is 3. The predicted molar refractivity (Wildman–Crippen MR) is 78.0 cm³/mol. The van der Waals surface area contributed by atoms with Crippen LogP contribution in [0.15, 0.2) is 24.3 Å². The first-order valence-electron chi connectivity index (χ1n) is 7.01. The first-order valence-corrected chi connectivity index (χ1v) is 7.01. The van der Waals surface area contributed by atoms with E-state index in [2.05, 4.69) is 5.32 Å². The monoisotopic (exact) mass is 277 g/mol. The van der Waals surface area contributed by atoms with Crippen molar-refractivity contribution in [2.45, 2.75) is 44.8 Å². The van der Waals surface area contributed by atoms with E-state index in [1.807, 2.05) is 45.0 Å². The van der Waals surface area contributed by atoms with E-state index < -0.39 is 5.60 Å². The van der Waals surface area contributed by atoms with E-state index in [1.54, 1.807) is 7.11 Å². The third-order valence-corrected chi connectivity index (χ3v) is 3.40. The average Bonchev–Trinajstić information content (AvgIpc) is 2.86. The molecule has 1 fully saturated rings. The van der Waals surface area contributed by atoms with Crippen LogP contribution in [0.2, 0.25) is 0 Å². The normalized spacial score (nSPS) is 22.6. The second-order valence-electron chi connectivity index (χ2n) is 6.14. The average molecular weight is 277 g/mol. The number of hydrogen-bond acceptors (Lipinski definition) is 4. The van der Waals surface area contributed by atoms with Crippen molar-refractivity contribution in [3.63, 3.8) is 0 Å². The molecule has 0 spiro atoms. The first-order chi connectivity index (χ1) is 9.40. The van der Waals surface area contributed by atoms with E-state index in [4.69, 9.17) is 9.47 Å². The van der Waals surface area contributed by atoms with Crippen molar-refractivity contribution in [1.29, 1.82) is 0 Å². The van der Waals surface area contributed by atoms with E-state index in [9.17, 15) is 4.79 Å². The summed E-state index contributed by atoms with van der Waals surface area (Å²) in [5.74, 6) is 0.778. The van der Waals surface area contributed by atoms with Crippen LogP contribution in [-0.2, 0) is 9.53 Å². The molecule has 1 aliphatic rings. The zero-order valence-corrected chi connectivity index (χ0v) is 12.6. The Morgan fingerprint density at radius 2 is 2.10 bits per heavy atom. The van der Waals surface area contributed by atoms with Gasteiger partial charge in [-0.15, -0.1) is 0 Å². The number of benzene rings is 1. The van der Waals surface area contributed by atoms with Crippen molar-refractivity contribution in [2.75, 3.05) is 13.7 Å². The van der Waals surface area contributed by atoms with Crippen molar-refractivity contribution in [3.05, 3.63) is 29.8 Å². The molecule has 1 aromatic carbocycles. The number of esters is 1. The molecule has 4 heteroatoms. The van der Waals surface area contributed by atoms with Crippen LogP contribution >= 0.6 is 0 Å². The fourth-order valence-corrected chi connectivity index (χ4v) is 2.55. The lowest BCUT2D eigenvalue weighted by molar-refractivity contribution is -0.157. The Balaban J connectivity index is 2.16. The smallest absolute Gasteiger partial charge is 0.324 e. The lowest BCUT2D eigenvalue weighted by Crippen LogP contribution is -2.40. The third kappa shape index (κ3) is 3.51. The summed E-state index contributed by atoms with van der Waals surface area (Å²) < 4.78 is 10.8. The van der Waals surface area contributed by atoms with Gasteiger partial charge in [-0.3, -0.25) is 4.79 Å². The van der Waals surface area contributed by atoms with Crippen molar-refractivity contribution in [3.8, 4) is 5.75 Å². The number of hydrogen-bond donors (Lipinski definition) is 1. The molecule has 1 aliphatic heterocycles. The quantitative estimate of drug-likeness (QED) is 0.862. The minimum absolute atomic E-state index is 0.139. The highest BCUT2D eigenvalue weighted by Gasteiger charge is 2.36. The summed E-state index contributed by atoms with van der Waals surface area (Å²) in [6.07, 6.45) is 0.928. The Bertz CT molecular complexity index is 479. The molecule has 0 unspecified atom stereocenters. The lowest BCUT2D eigenvalue weighted by Gasteiger charge is -2.25. The van der Waals surface area contributed by atoms with Crippen LogP contribution in [0.1, 0.15) is 38.7 Å². The predicted octanol–water partition coefficient (Wildman–Crippen LogP) is 2.48. The van der Waals surface area contributed by atoms with Gasteiger partial charge in [0.2, 0.25) is 0 Å². The summed E-state index contributed by atoms with van der Waals surface area (Å²) in [4.78, 5) is 12.3. The van der Waals surface area contributed by atoms with Crippen LogP contribution in [0, 0.1) is 0 Å². The van der Waals surface area contributed by atoms with Gasteiger partial charge in [-0.2, -0.15) is 0 Å². The molecule has 0 amide bonds. The van der Waals surface area contributed by atoms with E-state index in [0.29, 0.717) is 0 Å². The maximum atomic E-state index is 12.3. The number of carbonyl (C=O) groups is 1.